The molecule has 2 aliphatic rings. The van der Waals surface area contributed by atoms with Crippen LogP contribution in [-0.4, -0.2) is 41.4 Å². The van der Waals surface area contributed by atoms with Gasteiger partial charge in [0.2, 0.25) is 5.91 Å². The topological polar surface area (TPSA) is 81.8 Å². The van der Waals surface area contributed by atoms with Crippen molar-refractivity contribution in [2.24, 2.45) is 0 Å². The minimum Gasteiger partial charge on any atom is -0.366 e. The summed E-state index contributed by atoms with van der Waals surface area (Å²) in [6, 6.07) is 7.57. The number of halogens is 2. The molecule has 1 fully saturated rings. The smallest absolute Gasteiger partial charge is 0.329 e. The maximum Gasteiger partial charge on any atom is 0.329 e. The number of carbonyl (C=O) groups is 3. The summed E-state index contributed by atoms with van der Waals surface area (Å²) in [5, 5.41) is 4.94. The predicted octanol–water partition coefficient (Wildman–Crippen LogP) is 5.00. The highest BCUT2D eigenvalue weighted by Gasteiger charge is 2.38. The van der Waals surface area contributed by atoms with Crippen LogP contribution >= 0.6 is 0 Å². The minimum absolute atomic E-state index is 0.109. The first kappa shape index (κ1) is 25.3. The monoisotopic (exact) mass is 496 g/mol. The molecule has 0 spiro atoms. The number of hydrogen-bond acceptors (Lipinski definition) is 4. The van der Waals surface area contributed by atoms with Gasteiger partial charge in [-0.2, -0.15) is 0 Å². The average Bonchev–Trinajstić information content (AvgIpc) is 3.06. The normalized spacial score (nSPS) is 19.9. The fraction of sp³-hybridized carbons (Fsp3) is 0.370. The van der Waals surface area contributed by atoms with Crippen molar-refractivity contribution in [3.8, 4) is 0 Å². The number of nitrogens with zero attached hydrogens (tertiary/aromatic N) is 2. The van der Waals surface area contributed by atoms with E-state index in [-0.39, 0.29) is 22.7 Å². The highest BCUT2D eigenvalue weighted by molar-refractivity contribution is 6.16. The van der Waals surface area contributed by atoms with Crippen molar-refractivity contribution in [2.75, 3.05) is 23.3 Å². The maximum absolute atomic E-state index is 15.2. The molecule has 1 unspecified atom stereocenters. The average molecular weight is 497 g/mol. The Morgan fingerprint density at radius 2 is 1.89 bits per heavy atom. The quantitative estimate of drug-likeness (QED) is 0.436. The molecule has 7 nitrogen and oxygen atoms in total. The van der Waals surface area contributed by atoms with Gasteiger partial charge in [-0.15, -0.1) is 0 Å². The van der Waals surface area contributed by atoms with Crippen LogP contribution in [0.2, 0.25) is 0 Å². The summed E-state index contributed by atoms with van der Waals surface area (Å²) < 4.78 is 28.3. The summed E-state index contributed by atoms with van der Waals surface area (Å²) >= 11 is 0. The molecule has 0 radical (unpaired) electrons. The Balaban J connectivity index is 1.55. The van der Waals surface area contributed by atoms with E-state index in [9.17, 15) is 18.8 Å². The summed E-state index contributed by atoms with van der Waals surface area (Å²) in [5.41, 5.74) is 2.14. The first-order valence-corrected chi connectivity index (χ1v) is 12.0. The molecule has 2 N–H and O–H groups in total. The van der Waals surface area contributed by atoms with E-state index in [1.165, 1.54) is 36.4 Å². The van der Waals surface area contributed by atoms with Crippen molar-refractivity contribution in [2.45, 2.75) is 52.0 Å². The first-order chi connectivity index (χ1) is 17.0. The highest BCUT2D eigenvalue weighted by Crippen LogP contribution is 2.44. The third-order valence-corrected chi connectivity index (χ3v) is 6.64. The first-order valence-electron chi connectivity index (χ1n) is 12.0. The van der Waals surface area contributed by atoms with Gasteiger partial charge < -0.3 is 15.5 Å². The van der Waals surface area contributed by atoms with Crippen LogP contribution in [0.1, 0.15) is 57.6 Å². The number of imide groups is 1. The van der Waals surface area contributed by atoms with Crippen LogP contribution < -0.4 is 15.5 Å². The standard InChI is InChI=1S/C27H30F2N4O3/c1-5-10-33-23-13-21(29)17(11-20(23)16(2)14-27(33,3)4)12-22-25(35)32(26(36)31-22)15-24(34)30-19-8-6-18(28)7-9-19/h6-9,11-13,16H,5,10,14-15H2,1-4H3,(H,30,34)(H,31,36)/b22-12+. The SMILES string of the molecule is CCCN1c2cc(F)c(/C=C3/NC(=O)N(CC(=O)Nc4ccc(F)cc4)C3=O)cc2C(C)CC1(C)C. The minimum atomic E-state index is -0.775. The second kappa shape index (κ2) is 9.72. The molecule has 1 atom stereocenters. The van der Waals surface area contributed by atoms with Crippen molar-refractivity contribution < 1.29 is 23.2 Å². The molecular weight excluding hydrogens is 466 g/mol. The van der Waals surface area contributed by atoms with E-state index in [4.69, 9.17) is 0 Å². The Kier molecular flexibility index (Phi) is 6.84. The summed E-state index contributed by atoms with van der Waals surface area (Å²) in [6.07, 6.45) is 3.13. The van der Waals surface area contributed by atoms with E-state index >= 15 is 4.39 Å². The fourth-order valence-electron chi connectivity index (χ4n) is 5.03. The lowest BCUT2D eigenvalue weighted by atomic mass is 9.79. The van der Waals surface area contributed by atoms with Gasteiger partial charge in [0.15, 0.2) is 0 Å². The van der Waals surface area contributed by atoms with Crippen molar-refractivity contribution in [1.29, 1.82) is 0 Å². The maximum atomic E-state index is 15.2. The number of benzene rings is 2. The van der Waals surface area contributed by atoms with Gasteiger partial charge in [-0.25, -0.2) is 18.5 Å². The molecule has 2 heterocycles. The predicted molar refractivity (Wildman–Crippen MR) is 134 cm³/mol. The van der Waals surface area contributed by atoms with Crippen LogP contribution in [-0.2, 0) is 9.59 Å². The molecule has 4 rings (SSSR count). The fourth-order valence-corrected chi connectivity index (χ4v) is 5.03. The lowest BCUT2D eigenvalue weighted by Gasteiger charge is -2.47. The van der Waals surface area contributed by atoms with E-state index in [0.29, 0.717) is 5.69 Å². The summed E-state index contributed by atoms with van der Waals surface area (Å²) in [4.78, 5) is 40.6. The Bertz CT molecular complexity index is 1240. The van der Waals surface area contributed by atoms with E-state index in [1.54, 1.807) is 6.07 Å². The number of amides is 4. The Hall–Kier alpha value is -3.75. The molecule has 0 aromatic heterocycles. The highest BCUT2D eigenvalue weighted by atomic mass is 19.1. The van der Waals surface area contributed by atoms with E-state index in [2.05, 4.69) is 43.2 Å². The molecule has 0 bridgehead atoms. The number of urea groups is 1. The second-order valence-electron chi connectivity index (χ2n) is 9.94. The van der Waals surface area contributed by atoms with Crippen LogP contribution in [0, 0.1) is 11.6 Å². The van der Waals surface area contributed by atoms with Crippen LogP contribution in [0.3, 0.4) is 0 Å². The van der Waals surface area contributed by atoms with Crippen LogP contribution in [0.15, 0.2) is 42.1 Å². The van der Waals surface area contributed by atoms with Gasteiger partial charge in [-0.05, 0) is 80.6 Å². The summed E-state index contributed by atoms with van der Waals surface area (Å²) in [5.74, 6) is -2.13. The molecule has 36 heavy (non-hydrogen) atoms. The lowest BCUT2D eigenvalue weighted by molar-refractivity contribution is -0.127. The number of hydrogen-bond donors (Lipinski definition) is 2. The molecule has 190 valence electrons. The van der Waals surface area contributed by atoms with E-state index in [0.717, 1.165) is 35.5 Å². The number of rotatable bonds is 6. The van der Waals surface area contributed by atoms with Crippen molar-refractivity contribution >= 4 is 35.3 Å². The van der Waals surface area contributed by atoms with E-state index in [1.807, 2.05) is 0 Å². The Morgan fingerprint density at radius 3 is 2.56 bits per heavy atom. The van der Waals surface area contributed by atoms with Crippen molar-refractivity contribution in [1.82, 2.24) is 10.2 Å². The molecule has 2 aliphatic heterocycles. The van der Waals surface area contributed by atoms with Gasteiger partial charge in [-0.3, -0.25) is 9.59 Å². The molecule has 1 saturated heterocycles. The molecule has 0 aliphatic carbocycles. The van der Waals surface area contributed by atoms with Gasteiger partial charge in [-0.1, -0.05) is 13.8 Å². The van der Waals surface area contributed by atoms with Crippen LogP contribution in [0.25, 0.3) is 6.08 Å². The molecule has 2 aromatic rings. The van der Waals surface area contributed by atoms with Gasteiger partial charge in [0, 0.05) is 29.0 Å². The largest absolute Gasteiger partial charge is 0.366 e. The summed E-state index contributed by atoms with van der Waals surface area (Å²) in [7, 11) is 0. The van der Waals surface area contributed by atoms with Crippen LogP contribution in [0.4, 0.5) is 25.0 Å². The molecule has 4 amide bonds. The second-order valence-corrected chi connectivity index (χ2v) is 9.94. The zero-order chi connectivity index (χ0) is 26.2. The molecule has 2 aromatic carbocycles. The lowest BCUT2D eigenvalue weighted by Crippen LogP contribution is -2.48. The van der Waals surface area contributed by atoms with Gasteiger partial charge in [0.05, 0.1) is 0 Å². The third-order valence-electron chi connectivity index (χ3n) is 6.64. The number of anilines is 2. The molecule has 0 saturated carbocycles. The zero-order valence-electron chi connectivity index (χ0n) is 20.8. The Labute approximate surface area is 209 Å². The van der Waals surface area contributed by atoms with Crippen molar-refractivity contribution in [3.63, 3.8) is 0 Å². The zero-order valence-corrected chi connectivity index (χ0v) is 20.8. The number of fused-ring (bicyclic) bond motifs is 1. The molecular formula is C27H30F2N4O3. The number of nitrogens with one attached hydrogen (secondary N) is 2. The van der Waals surface area contributed by atoms with Gasteiger partial charge in [0.1, 0.15) is 23.9 Å². The number of carbonyl (C=O) groups excluding carboxylic acids is 3. The van der Waals surface area contributed by atoms with Gasteiger partial charge in [0.25, 0.3) is 5.91 Å². The Morgan fingerprint density at radius 1 is 1.19 bits per heavy atom. The molecule has 9 heteroatoms. The summed E-state index contributed by atoms with van der Waals surface area (Å²) in [6.45, 7) is 8.76. The van der Waals surface area contributed by atoms with E-state index < -0.39 is 36.0 Å². The van der Waals surface area contributed by atoms with Gasteiger partial charge >= 0.3 is 6.03 Å². The third kappa shape index (κ3) is 4.96. The van der Waals surface area contributed by atoms with Crippen molar-refractivity contribution in [3.05, 3.63) is 64.9 Å². The van der Waals surface area contributed by atoms with Crippen LogP contribution in [0.5, 0.6) is 0 Å².